The highest BCUT2D eigenvalue weighted by molar-refractivity contribution is 6.01. The number of nitrogens with zero attached hydrogens (tertiary/aromatic N) is 1. The molecule has 3 rings (SSSR count). The Morgan fingerprint density at radius 2 is 1.77 bits per heavy atom. The molecule has 0 aliphatic carbocycles. The van der Waals surface area contributed by atoms with Crippen LogP contribution in [0.25, 0.3) is 0 Å². The summed E-state index contributed by atoms with van der Waals surface area (Å²) in [7, 11) is 4.98. The van der Waals surface area contributed by atoms with E-state index in [4.69, 9.17) is 9.47 Å². The van der Waals surface area contributed by atoms with Crippen molar-refractivity contribution in [1.82, 2.24) is 4.90 Å². The number of fused-ring (bicyclic) bond motifs is 1. The van der Waals surface area contributed by atoms with Gasteiger partial charge in [0.05, 0.1) is 19.8 Å². The van der Waals surface area contributed by atoms with Crippen molar-refractivity contribution in [2.45, 2.75) is 6.17 Å². The first kappa shape index (κ1) is 14.3. The summed E-state index contributed by atoms with van der Waals surface area (Å²) in [5, 5.41) is 3.39. The fourth-order valence-electron chi connectivity index (χ4n) is 2.68. The molecule has 1 aliphatic rings. The number of ether oxygens (including phenoxy) is 2. The molecule has 0 saturated carbocycles. The third kappa shape index (κ3) is 2.24. The van der Waals surface area contributed by atoms with Gasteiger partial charge in [-0.1, -0.05) is 18.2 Å². The zero-order valence-corrected chi connectivity index (χ0v) is 12.8. The van der Waals surface area contributed by atoms with Gasteiger partial charge in [0, 0.05) is 12.7 Å². The average molecular weight is 298 g/mol. The van der Waals surface area contributed by atoms with Gasteiger partial charge in [-0.15, -0.1) is 0 Å². The van der Waals surface area contributed by atoms with Gasteiger partial charge in [-0.2, -0.15) is 0 Å². The molecule has 5 heteroatoms. The van der Waals surface area contributed by atoms with E-state index in [1.165, 1.54) is 0 Å². The molecule has 2 aromatic carbocycles. The van der Waals surface area contributed by atoms with E-state index < -0.39 is 0 Å². The predicted molar refractivity (Wildman–Crippen MR) is 84.4 cm³/mol. The smallest absolute Gasteiger partial charge is 0.257 e. The topological polar surface area (TPSA) is 50.8 Å². The maximum atomic E-state index is 12.5. The van der Waals surface area contributed by atoms with E-state index in [1.54, 1.807) is 26.2 Å². The second-order valence-electron chi connectivity index (χ2n) is 5.12. The summed E-state index contributed by atoms with van der Waals surface area (Å²) in [6.07, 6.45) is -0.248. The third-order valence-corrected chi connectivity index (χ3v) is 3.88. The van der Waals surface area contributed by atoms with Crippen molar-refractivity contribution in [3.8, 4) is 11.5 Å². The molecule has 1 N–H and O–H groups in total. The monoisotopic (exact) mass is 298 g/mol. The number of hydrogen-bond acceptors (Lipinski definition) is 4. The van der Waals surface area contributed by atoms with Gasteiger partial charge in [0.15, 0.2) is 11.5 Å². The maximum Gasteiger partial charge on any atom is 0.257 e. The van der Waals surface area contributed by atoms with Gasteiger partial charge >= 0.3 is 0 Å². The number of methoxy groups -OCH3 is 2. The molecule has 0 aromatic heterocycles. The molecule has 0 fully saturated rings. The molecular formula is C17H18N2O3. The summed E-state index contributed by atoms with van der Waals surface area (Å²) in [4.78, 5) is 14.2. The van der Waals surface area contributed by atoms with Crippen molar-refractivity contribution in [2.24, 2.45) is 0 Å². The first-order valence-electron chi connectivity index (χ1n) is 7.00. The second-order valence-corrected chi connectivity index (χ2v) is 5.12. The fraction of sp³-hybridized carbons (Fsp3) is 0.235. The van der Waals surface area contributed by atoms with Gasteiger partial charge in [0.2, 0.25) is 0 Å². The first-order valence-corrected chi connectivity index (χ1v) is 7.00. The van der Waals surface area contributed by atoms with Crippen LogP contribution in [0.15, 0.2) is 42.5 Å². The minimum atomic E-state index is -0.248. The highest BCUT2D eigenvalue weighted by atomic mass is 16.5. The number of benzene rings is 2. The molecule has 1 amide bonds. The minimum absolute atomic E-state index is 0.00543. The van der Waals surface area contributed by atoms with Crippen molar-refractivity contribution in [2.75, 3.05) is 26.6 Å². The van der Waals surface area contributed by atoms with Gasteiger partial charge in [-0.3, -0.25) is 4.79 Å². The van der Waals surface area contributed by atoms with Gasteiger partial charge in [0.1, 0.15) is 6.17 Å². The summed E-state index contributed by atoms with van der Waals surface area (Å²) in [5.41, 5.74) is 2.45. The van der Waals surface area contributed by atoms with Crippen molar-refractivity contribution < 1.29 is 14.3 Å². The number of rotatable bonds is 3. The number of hydrogen-bond donors (Lipinski definition) is 1. The van der Waals surface area contributed by atoms with Crippen molar-refractivity contribution >= 4 is 11.6 Å². The summed E-state index contributed by atoms with van der Waals surface area (Å²) >= 11 is 0. The largest absolute Gasteiger partial charge is 0.493 e. The van der Waals surface area contributed by atoms with Crippen molar-refractivity contribution in [1.29, 1.82) is 0 Å². The Labute approximate surface area is 129 Å². The average Bonchev–Trinajstić information content (AvgIpc) is 2.57. The molecule has 1 heterocycles. The van der Waals surface area contributed by atoms with Crippen LogP contribution < -0.4 is 14.8 Å². The molecule has 0 saturated heterocycles. The highest BCUT2D eigenvalue weighted by Gasteiger charge is 2.30. The number of nitrogens with one attached hydrogen (secondary N) is 1. The summed E-state index contributed by atoms with van der Waals surface area (Å²) in [6.45, 7) is 0. The Balaban J connectivity index is 2.01. The van der Waals surface area contributed by atoms with E-state index in [0.29, 0.717) is 17.1 Å². The van der Waals surface area contributed by atoms with Crippen LogP contribution >= 0.6 is 0 Å². The Morgan fingerprint density at radius 1 is 1.05 bits per heavy atom. The van der Waals surface area contributed by atoms with E-state index in [2.05, 4.69) is 5.32 Å². The summed E-state index contributed by atoms with van der Waals surface area (Å²) < 4.78 is 10.6. The van der Waals surface area contributed by atoms with E-state index in [0.717, 1.165) is 11.3 Å². The van der Waals surface area contributed by atoms with E-state index in [1.807, 2.05) is 42.5 Å². The molecule has 1 atom stereocenters. The van der Waals surface area contributed by atoms with Crippen molar-refractivity contribution in [3.63, 3.8) is 0 Å². The van der Waals surface area contributed by atoms with Gasteiger partial charge in [-0.05, 0) is 29.8 Å². The first-order chi connectivity index (χ1) is 10.7. The molecule has 0 radical (unpaired) electrons. The van der Waals surface area contributed by atoms with Gasteiger partial charge in [0.25, 0.3) is 5.91 Å². The fourth-order valence-corrected chi connectivity index (χ4v) is 2.68. The molecule has 5 nitrogen and oxygen atoms in total. The molecule has 2 aromatic rings. The van der Waals surface area contributed by atoms with E-state index in [-0.39, 0.29) is 12.1 Å². The predicted octanol–water partition coefficient (Wildman–Crippen LogP) is 2.90. The lowest BCUT2D eigenvalue weighted by atomic mass is 10.0. The number of para-hydroxylation sites is 1. The number of carbonyl (C=O) groups is 1. The standard InChI is InChI=1S/C17H18N2O3/c1-19-16(11-8-9-14(21-2)15(10-11)22-3)18-13-7-5-4-6-12(13)17(19)20/h4-10,16,18H,1-3H3/t16-/m1/s1. The summed E-state index contributed by atoms with van der Waals surface area (Å²) in [5.74, 6) is 1.30. The molecule has 1 aliphatic heterocycles. The van der Waals surface area contributed by atoms with Gasteiger partial charge in [-0.25, -0.2) is 0 Å². The maximum absolute atomic E-state index is 12.5. The molecule has 0 spiro atoms. The number of anilines is 1. The third-order valence-electron chi connectivity index (χ3n) is 3.88. The SMILES string of the molecule is COc1ccc([C@@H]2Nc3ccccc3C(=O)N2C)cc1OC. The quantitative estimate of drug-likeness (QED) is 0.946. The van der Waals surface area contributed by atoms with Crippen LogP contribution in [0.5, 0.6) is 11.5 Å². The molecule has 22 heavy (non-hydrogen) atoms. The summed E-state index contributed by atoms with van der Waals surface area (Å²) in [6, 6.07) is 13.2. The molecular weight excluding hydrogens is 280 g/mol. The zero-order chi connectivity index (χ0) is 15.7. The highest BCUT2D eigenvalue weighted by Crippen LogP contribution is 2.35. The van der Waals surface area contributed by atoms with Gasteiger partial charge < -0.3 is 19.7 Å². The van der Waals surface area contributed by atoms with Crippen LogP contribution in [0.2, 0.25) is 0 Å². The molecule has 114 valence electrons. The molecule has 0 unspecified atom stereocenters. The normalized spacial score (nSPS) is 16.8. The Hall–Kier alpha value is -2.69. The number of amides is 1. The second kappa shape index (κ2) is 5.60. The van der Waals surface area contributed by atoms with Crippen LogP contribution in [-0.4, -0.2) is 32.1 Å². The lowest BCUT2D eigenvalue weighted by Crippen LogP contribution is -2.40. The Bertz CT molecular complexity index is 715. The minimum Gasteiger partial charge on any atom is -0.493 e. The lowest BCUT2D eigenvalue weighted by Gasteiger charge is -2.35. The van der Waals surface area contributed by atoms with Crippen LogP contribution in [-0.2, 0) is 0 Å². The zero-order valence-electron chi connectivity index (χ0n) is 12.8. The van der Waals surface area contributed by atoms with E-state index >= 15 is 0 Å². The van der Waals surface area contributed by atoms with Crippen LogP contribution in [0.4, 0.5) is 5.69 Å². The number of carbonyl (C=O) groups excluding carboxylic acids is 1. The molecule has 0 bridgehead atoms. The van der Waals surface area contributed by atoms with Crippen LogP contribution in [0.3, 0.4) is 0 Å². The lowest BCUT2D eigenvalue weighted by molar-refractivity contribution is 0.0735. The Morgan fingerprint density at radius 3 is 2.50 bits per heavy atom. The van der Waals surface area contributed by atoms with Crippen molar-refractivity contribution in [3.05, 3.63) is 53.6 Å². The Kier molecular flexibility index (Phi) is 3.63. The van der Waals surface area contributed by atoms with E-state index in [9.17, 15) is 4.79 Å². The van der Waals surface area contributed by atoms with Crippen LogP contribution in [0, 0.1) is 0 Å². The van der Waals surface area contributed by atoms with Crippen LogP contribution in [0.1, 0.15) is 22.1 Å².